The van der Waals surface area contributed by atoms with E-state index in [-0.39, 0.29) is 11.7 Å². The minimum atomic E-state index is -3.50. The van der Waals surface area contributed by atoms with Crippen molar-refractivity contribution in [1.82, 2.24) is 0 Å². The molecule has 144 valence electrons. The molecule has 1 N–H and O–H groups in total. The molecule has 1 saturated heterocycles. The molecular formula is C20H24N2O4S. The molecule has 0 saturated carbocycles. The Morgan fingerprint density at radius 1 is 1.15 bits per heavy atom. The monoisotopic (exact) mass is 388 g/mol. The van der Waals surface area contributed by atoms with Crippen molar-refractivity contribution in [3.05, 3.63) is 53.6 Å². The smallest absolute Gasteiger partial charge is 0.233 e. The second kappa shape index (κ2) is 8.00. The van der Waals surface area contributed by atoms with Crippen LogP contribution in [0.25, 0.3) is 0 Å². The Bertz CT molecular complexity index is 923. The van der Waals surface area contributed by atoms with E-state index >= 15 is 0 Å². The van der Waals surface area contributed by atoms with Crippen LogP contribution in [0.3, 0.4) is 0 Å². The number of hydrogen-bond donors (Lipinski definition) is 1. The van der Waals surface area contributed by atoms with Crippen LogP contribution in [-0.2, 0) is 21.2 Å². The average Bonchev–Trinajstić information content (AvgIpc) is 3.08. The number of methoxy groups -OCH3 is 1. The molecule has 0 atom stereocenters. The van der Waals surface area contributed by atoms with Crippen molar-refractivity contribution in [3.8, 4) is 5.75 Å². The average molecular weight is 388 g/mol. The molecule has 0 aromatic heterocycles. The zero-order valence-electron chi connectivity index (χ0n) is 15.6. The first-order chi connectivity index (χ1) is 12.9. The van der Waals surface area contributed by atoms with Crippen molar-refractivity contribution in [2.45, 2.75) is 26.2 Å². The number of amides is 1. The molecular weight excluding hydrogens is 364 g/mol. The highest BCUT2D eigenvalue weighted by Gasteiger charge is 2.23. The lowest BCUT2D eigenvalue weighted by molar-refractivity contribution is -0.117. The van der Waals surface area contributed by atoms with Crippen LogP contribution in [0.5, 0.6) is 5.75 Å². The number of sulfonamides is 1. The van der Waals surface area contributed by atoms with Gasteiger partial charge >= 0.3 is 0 Å². The number of nitrogens with zero attached hydrogens (tertiary/aromatic N) is 1. The van der Waals surface area contributed by atoms with Gasteiger partial charge in [0.15, 0.2) is 0 Å². The summed E-state index contributed by atoms with van der Waals surface area (Å²) in [7, 11) is -1.91. The number of aryl methyl sites for hydroxylation is 2. The molecule has 1 heterocycles. The van der Waals surface area contributed by atoms with Crippen LogP contribution >= 0.6 is 0 Å². The van der Waals surface area contributed by atoms with E-state index in [0.29, 0.717) is 25.1 Å². The highest BCUT2D eigenvalue weighted by Crippen LogP contribution is 2.28. The molecule has 1 aliphatic rings. The first kappa shape index (κ1) is 19.2. The van der Waals surface area contributed by atoms with Gasteiger partial charge in [-0.1, -0.05) is 18.2 Å². The summed E-state index contributed by atoms with van der Waals surface area (Å²) in [5, 5.41) is 0. The van der Waals surface area contributed by atoms with Gasteiger partial charge in [0.05, 0.1) is 18.6 Å². The van der Waals surface area contributed by atoms with Gasteiger partial charge in [0, 0.05) is 18.7 Å². The Hall–Kier alpha value is -2.54. The Balaban J connectivity index is 1.68. The van der Waals surface area contributed by atoms with Crippen LogP contribution in [-0.4, -0.2) is 33.7 Å². The number of rotatable bonds is 7. The predicted octanol–water partition coefficient (Wildman–Crippen LogP) is 3.11. The first-order valence-corrected chi connectivity index (χ1v) is 10.6. The third kappa shape index (κ3) is 4.80. The van der Waals surface area contributed by atoms with Gasteiger partial charge in [-0.15, -0.1) is 0 Å². The van der Waals surface area contributed by atoms with Gasteiger partial charge in [-0.3, -0.25) is 9.52 Å². The summed E-state index contributed by atoms with van der Waals surface area (Å²) in [5.41, 5.74) is 3.12. The van der Waals surface area contributed by atoms with Crippen molar-refractivity contribution >= 4 is 27.3 Å². The fourth-order valence-corrected chi connectivity index (χ4v) is 4.23. The number of anilines is 2. The van der Waals surface area contributed by atoms with E-state index in [1.807, 2.05) is 37.3 Å². The van der Waals surface area contributed by atoms with Gasteiger partial charge < -0.3 is 9.64 Å². The molecule has 0 unspecified atom stereocenters. The lowest BCUT2D eigenvalue weighted by Gasteiger charge is -2.19. The second-order valence-electron chi connectivity index (χ2n) is 6.67. The van der Waals surface area contributed by atoms with Gasteiger partial charge in [0.25, 0.3) is 0 Å². The Labute approximate surface area is 160 Å². The third-order valence-corrected chi connectivity index (χ3v) is 5.95. The molecule has 27 heavy (non-hydrogen) atoms. The van der Waals surface area contributed by atoms with Crippen LogP contribution in [0.4, 0.5) is 11.4 Å². The summed E-state index contributed by atoms with van der Waals surface area (Å²) in [6, 6.07) is 12.6. The molecule has 1 amide bonds. The van der Waals surface area contributed by atoms with E-state index in [0.717, 1.165) is 29.0 Å². The van der Waals surface area contributed by atoms with Crippen molar-refractivity contribution < 1.29 is 17.9 Å². The number of carbonyl (C=O) groups excluding carboxylic acids is 1. The Kier molecular flexibility index (Phi) is 5.70. The molecule has 3 rings (SSSR count). The molecule has 0 aliphatic carbocycles. The van der Waals surface area contributed by atoms with Crippen molar-refractivity contribution in [1.29, 1.82) is 0 Å². The molecule has 2 aromatic rings. The molecule has 6 nitrogen and oxygen atoms in total. The van der Waals surface area contributed by atoms with Gasteiger partial charge in [0.2, 0.25) is 15.9 Å². The lowest BCUT2D eigenvalue weighted by Crippen LogP contribution is -2.25. The van der Waals surface area contributed by atoms with E-state index in [4.69, 9.17) is 4.74 Å². The highest BCUT2D eigenvalue weighted by atomic mass is 32.2. The summed E-state index contributed by atoms with van der Waals surface area (Å²) >= 11 is 0. The topological polar surface area (TPSA) is 75.7 Å². The fraction of sp³-hybridized carbons (Fsp3) is 0.350. The van der Waals surface area contributed by atoms with Crippen LogP contribution < -0.4 is 14.4 Å². The Morgan fingerprint density at radius 2 is 1.89 bits per heavy atom. The molecule has 0 bridgehead atoms. The van der Waals surface area contributed by atoms with E-state index < -0.39 is 10.0 Å². The summed E-state index contributed by atoms with van der Waals surface area (Å²) in [6.45, 7) is 2.59. The van der Waals surface area contributed by atoms with Gasteiger partial charge in [-0.05, 0) is 55.2 Å². The zero-order chi connectivity index (χ0) is 19.4. The standard InChI is InChI=1S/C20H24N2O4S/c1-15-5-8-17(14-19(15)22-12-3-4-20(22)23)21-27(24,25)13-11-16-6-9-18(26-2)10-7-16/h5-10,14,21H,3-4,11-13H2,1-2H3. The summed E-state index contributed by atoms with van der Waals surface area (Å²) in [5.74, 6) is 0.798. The number of nitrogens with one attached hydrogen (secondary N) is 1. The SMILES string of the molecule is COc1ccc(CCS(=O)(=O)Nc2ccc(C)c(N3CCCC3=O)c2)cc1. The minimum absolute atomic E-state index is 0.0226. The maximum atomic E-state index is 12.5. The molecule has 1 fully saturated rings. The maximum absolute atomic E-state index is 12.5. The van der Waals surface area contributed by atoms with Crippen LogP contribution in [0.2, 0.25) is 0 Å². The van der Waals surface area contributed by atoms with E-state index in [1.165, 1.54) is 0 Å². The number of ether oxygens (including phenoxy) is 1. The van der Waals surface area contributed by atoms with E-state index in [1.54, 1.807) is 24.1 Å². The molecule has 1 aliphatic heterocycles. The van der Waals surface area contributed by atoms with Crippen LogP contribution in [0.15, 0.2) is 42.5 Å². The maximum Gasteiger partial charge on any atom is 0.233 e. The van der Waals surface area contributed by atoms with Gasteiger partial charge in [-0.25, -0.2) is 8.42 Å². The lowest BCUT2D eigenvalue weighted by atomic mass is 10.1. The summed E-state index contributed by atoms with van der Waals surface area (Å²) in [6.07, 6.45) is 1.77. The normalized spacial score (nSPS) is 14.4. The second-order valence-corrected chi connectivity index (χ2v) is 8.51. The number of benzene rings is 2. The Morgan fingerprint density at radius 3 is 2.52 bits per heavy atom. The predicted molar refractivity (Wildman–Crippen MR) is 107 cm³/mol. The minimum Gasteiger partial charge on any atom is -0.497 e. The molecule has 0 radical (unpaired) electrons. The van der Waals surface area contributed by atoms with Gasteiger partial charge in [0.1, 0.15) is 5.75 Å². The van der Waals surface area contributed by atoms with Gasteiger partial charge in [-0.2, -0.15) is 0 Å². The first-order valence-electron chi connectivity index (χ1n) is 8.92. The highest BCUT2D eigenvalue weighted by molar-refractivity contribution is 7.92. The van der Waals surface area contributed by atoms with Crippen LogP contribution in [0, 0.1) is 6.92 Å². The summed E-state index contributed by atoms with van der Waals surface area (Å²) < 4.78 is 32.7. The van der Waals surface area contributed by atoms with Crippen molar-refractivity contribution in [3.63, 3.8) is 0 Å². The van der Waals surface area contributed by atoms with Crippen molar-refractivity contribution in [2.75, 3.05) is 29.0 Å². The quantitative estimate of drug-likeness (QED) is 0.791. The zero-order valence-corrected chi connectivity index (χ0v) is 16.4. The van der Waals surface area contributed by atoms with E-state index in [9.17, 15) is 13.2 Å². The van der Waals surface area contributed by atoms with E-state index in [2.05, 4.69) is 4.72 Å². The fourth-order valence-electron chi connectivity index (χ4n) is 3.14. The number of carbonyl (C=O) groups is 1. The van der Waals surface area contributed by atoms with Crippen molar-refractivity contribution in [2.24, 2.45) is 0 Å². The largest absolute Gasteiger partial charge is 0.497 e. The molecule has 0 spiro atoms. The molecule has 2 aromatic carbocycles. The third-order valence-electron chi connectivity index (χ3n) is 4.67. The molecule has 7 heteroatoms. The van der Waals surface area contributed by atoms with Crippen LogP contribution in [0.1, 0.15) is 24.0 Å². The number of hydrogen-bond acceptors (Lipinski definition) is 4. The summed E-state index contributed by atoms with van der Waals surface area (Å²) in [4.78, 5) is 13.7.